The van der Waals surface area contributed by atoms with E-state index in [1.54, 1.807) is 61.0 Å². The van der Waals surface area contributed by atoms with Gasteiger partial charge < -0.3 is 5.11 Å². The standard InChI is InChI=1S/C20H19ClN2O4S/c1-3-28(26,27)17-6-4-5-16(11-17)22-23-13(2)18(20(24)25)12-19(23)14-7-9-15(21)10-8-14/h4-12,22H,3H2,1-2H3,(H,24,25). The van der Waals surface area contributed by atoms with Gasteiger partial charge in [-0.1, -0.05) is 36.7 Å². The molecule has 6 nitrogen and oxygen atoms in total. The van der Waals surface area contributed by atoms with Crippen molar-refractivity contribution in [3.05, 3.63) is 70.9 Å². The Labute approximate surface area is 168 Å². The van der Waals surface area contributed by atoms with Crippen molar-refractivity contribution in [2.45, 2.75) is 18.7 Å². The summed E-state index contributed by atoms with van der Waals surface area (Å²) >= 11 is 5.96. The number of hydrogen-bond donors (Lipinski definition) is 2. The molecule has 2 N–H and O–H groups in total. The van der Waals surface area contributed by atoms with Gasteiger partial charge in [0.05, 0.1) is 33.3 Å². The van der Waals surface area contributed by atoms with Crippen LogP contribution in [0.25, 0.3) is 11.3 Å². The average Bonchev–Trinajstić information content (AvgIpc) is 2.99. The van der Waals surface area contributed by atoms with Crippen molar-refractivity contribution in [3.8, 4) is 11.3 Å². The Kier molecular flexibility index (Phi) is 5.49. The highest BCUT2D eigenvalue weighted by Gasteiger charge is 2.19. The number of nitrogens with one attached hydrogen (secondary N) is 1. The molecule has 0 bridgehead atoms. The zero-order valence-electron chi connectivity index (χ0n) is 15.3. The fourth-order valence-electron chi connectivity index (χ4n) is 2.86. The highest BCUT2D eigenvalue weighted by atomic mass is 35.5. The van der Waals surface area contributed by atoms with Crippen molar-refractivity contribution in [1.82, 2.24) is 4.68 Å². The summed E-state index contributed by atoms with van der Waals surface area (Å²) in [4.78, 5) is 11.8. The first-order valence-electron chi connectivity index (χ1n) is 8.54. The molecule has 0 aliphatic carbocycles. The minimum absolute atomic E-state index is 0.00180. The van der Waals surface area contributed by atoms with E-state index in [0.29, 0.717) is 22.1 Å². The van der Waals surface area contributed by atoms with E-state index < -0.39 is 15.8 Å². The minimum Gasteiger partial charge on any atom is -0.478 e. The maximum atomic E-state index is 12.2. The second kappa shape index (κ2) is 7.69. The normalized spacial score (nSPS) is 11.4. The molecule has 146 valence electrons. The third-order valence-corrected chi connectivity index (χ3v) is 6.42. The molecule has 0 fully saturated rings. The van der Waals surface area contributed by atoms with Gasteiger partial charge in [0, 0.05) is 10.6 Å². The Morgan fingerprint density at radius 1 is 1.14 bits per heavy atom. The minimum atomic E-state index is -3.36. The molecule has 0 saturated carbocycles. The van der Waals surface area contributed by atoms with Gasteiger partial charge in [0.1, 0.15) is 0 Å². The number of aromatic carboxylic acids is 1. The van der Waals surface area contributed by atoms with Gasteiger partial charge >= 0.3 is 5.97 Å². The molecule has 2 aromatic carbocycles. The van der Waals surface area contributed by atoms with E-state index in [4.69, 9.17) is 11.6 Å². The molecular weight excluding hydrogens is 400 g/mol. The van der Waals surface area contributed by atoms with Crippen LogP contribution >= 0.6 is 11.6 Å². The summed E-state index contributed by atoms with van der Waals surface area (Å²) in [5.74, 6) is -1.05. The number of halogens is 1. The molecule has 0 atom stereocenters. The van der Waals surface area contributed by atoms with Crippen LogP contribution in [0.4, 0.5) is 5.69 Å². The lowest BCUT2D eigenvalue weighted by atomic mass is 10.1. The summed E-state index contributed by atoms with van der Waals surface area (Å²) in [5.41, 5.74) is 5.67. The first-order chi connectivity index (χ1) is 13.2. The van der Waals surface area contributed by atoms with Gasteiger partial charge in [-0.2, -0.15) is 0 Å². The second-order valence-electron chi connectivity index (χ2n) is 6.22. The molecule has 0 aliphatic rings. The van der Waals surface area contributed by atoms with Gasteiger partial charge in [0.25, 0.3) is 0 Å². The zero-order chi connectivity index (χ0) is 20.5. The number of anilines is 1. The number of hydrogen-bond acceptors (Lipinski definition) is 4. The van der Waals surface area contributed by atoms with E-state index in [1.165, 1.54) is 12.1 Å². The number of carbonyl (C=O) groups is 1. The fraction of sp³-hybridized carbons (Fsp3) is 0.150. The number of sulfone groups is 1. The lowest BCUT2D eigenvalue weighted by molar-refractivity contribution is 0.0696. The fourth-order valence-corrected chi connectivity index (χ4v) is 3.91. The van der Waals surface area contributed by atoms with E-state index in [-0.39, 0.29) is 16.2 Å². The van der Waals surface area contributed by atoms with Crippen molar-refractivity contribution in [1.29, 1.82) is 0 Å². The summed E-state index contributed by atoms with van der Waals surface area (Å²) in [5, 5.41) is 10.1. The highest BCUT2D eigenvalue weighted by Crippen LogP contribution is 2.28. The Morgan fingerprint density at radius 3 is 2.43 bits per heavy atom. The summed E-state index contributed by atoms with van der Waals surface area (Å²) in [6, 6.07) is 15.0. The number of benzene rings is 2. The summed E-state index contributed by atoms with van der Waals surface area (Å²) in [6.45, 7) is 3.27. The van der Waals surface area contributed by atoms with Crippen LogP contribution in [-0.2, 0) is 9.84 Å². The van der Waals surface area contributed by atoms with Crippen LogP contribution in [0.3, 0.4) is 0 Å². The van der Waals surface area contributed by atoms with Crippen molar-refractivity contribution in [2.24, 2.45) is 0 Å². The summed E-state index contributed by atoms with van der Waals surface area (Å²) in [6.07, 6.45) is 0. The summed E-state index contributed by atoms with van der Waals surface area (Å²) < 4.78 is 26.0. The smallest absolute Gasteiger partial charge is 0.337 e. The summed E-state index contributed by atoms with van der Waals surface area (Å²) in [7, 11) is -3.36. The van der Waals surface area contributed by atoms with Crippen molar-refractivity contribution in [2.75, 3.05) is 11.2 Å². The Balaban J connectivity index is 2.10. The van der Waals surface area contributed by atoms with E-state index >= 15 is 0 Å². The molecule has 0 unspecified atom stereocenters. The van der Waals surface area contributed by atoms with Gasteiger partial charge in [0.2, 0.25) is 0 Å². The number of aromatic nitrogens is 1. The molecule has 28 heavy (non-hydrogen) atoms. The van der Waals surface area contributed by atoms with Gasteiger partial charge in [0.15, 0.2) is 9.84 Å². The third kappa shape index (κ3) is 3.90. The van der Waals surface area contributed by atoms with Gasteiger partial charge in [-0.3, -0.25) is 10.1 Å². The monoisotopic (exact) mass is 418 g/mol. The van der Waals surface area contributed by atoms with Crippen LogP contribution in [0.15, 0.2) is 59.5 Å². The lowest BCUT2D eigenvalue weighted by Crippen LogP contribution is -2.14. The van der Waals surface area contributed by atoms with E-state index in [2.05, 4.69) is 5.43 Å². The van der Waals surface area contributed by atoms with E-state index in [9.17, 15) is 18.3 Å². The molecule has 0 saturated heterocycles. The topological polar surface area (TPSA) is 88.4 Å². The Bertz CT molecular complexity index is 1140. The Hall–Kier alpha value is -2.77. The Morgan fingerprint density at radius 2 is 1.82 bits per heavy atom. The lowest BCUT2D eigenvalue weighted by Gasteiger charge is -2.15. The van der Waals surface area contributed by atoms with Crippen LogP contribution in [0.5, 0.6) is 0 Å². The number of nitrogens with zero attached hydrogens (tertiary/aromatic N) is 1. The number of carboxylic acids is 1. The van der Waals surface area contributed by atoms with Crippen molar-refractivity contribution >= 4 is 33.1 Å². The maximum absolute atomic E-state index is 12.2. The SMILES string of the molecule is CCS(=O)(=O)c1cccc(Nn2c(-c3ccc(Cl)cc3)cc(C(=O)O)c2C)c1. The third-order valence-electron chi connectivity index (χ3n) is 4.43. The molecule has 8 heteroatoms. The van der Waals surface area contributed by atoms with Crippen LogP contribution in [-0.4, -0.2) is 29.9 Å². The molecule has 0 amide bonds. The van der Waals surface area contributed by atoms with Gasteiger partial charge in [-0.25, -0.2) is 13.2 Å². The molecule has 1 heterocycles. The van der Waals surface area contributed by atoms with E-state index in [1.807, 2.05) is 0 Å². The quantitative estimate of drug-likeness (QED) is 0.616. The van der Waals surface area contributed by atoms with Crippen LogP contribution in [0.1, 0.15) is 23.0 Å². The molecule has 0 radical (unpaired) electrons. The maximum Gasteiger partial charge on any atom is 0.337 e. The van der Waals surface area contributed by atoms with Crippen molar-refractivity contribution < 1.29 is 18.3 Å². The van der Waals surface area contributed by atoms with Crippen molar-refractivity contribution in [3.63, 3.8) is 0 Å². The molecule has 1 aromatic heterocycles. The van der Waals surface area contributed by atoms with Crippen LogP contribution < -0.4 is 5.43 Å². The second-order valence-corrected chi connectivity index (χ2v) is 8.93. The van der Waals surface area contributed by atoms with Crippen LogP contribution in [0.2, 0.25) is 5.02 Å². The molecule has 0 aliphatic heterocycles. The number of carboxylic acid groups (broad SMARTS) is 1. The average molecular weight is 419 g/mol. The molecular formula is C20H19ClN2O4S. The molecule has 3 rings (SSSR count). The predicted molar refractivity (Wildman–Crippen MR) is 110 cm³/mol. The van der Waals surface area contributed by atoms with Gasteiger partial charge in [-0.05, 0) is 43.3 Å². The zero-order valence-corrected chi connectivity index (χ0v) is 16.9. The first-order valence-corrected chi connectivity index (χ1v) is 10.6. The van der Waals surface area contributed by atoms with Gasteiger partial charge in [-0.15, -0.1) is 0 Å². The van der Waals surface area contributed by atoms with E-state index in [0.717, 1.165) is 5.56 Å². The number of rotatable bonds is 6. The molecule has 3 aromatic rings. The first kappa shape index (κ1) is 20.0. The molecule has 0 spiro atoms. The largest absolute Gasteiger partial charge is 0.478 e. The predicted octanol–water partition coefficient (Wildman–Crippen LogP) is 4.48. The van der Waals surface area contributed by atoms with Crippen LogP contribution in [0, 0.1) is 6.92 Å². The highest BCUT2D eigenvalue weighted by molar-refractivity contribution is 7.91.